The van der Waals surface area contributed by atoms with E-state index < -0.39 is 0 Å². The predicted molar refractivity (Wildman–Crippen MR) is 84.5 cm³/mol. The van der Waals surface area contributed by atoms with Gasteiger partial charge in [0.15, 0.2) is 0 Å². The van der Waals surface area contributed by atoms with Crippen LogP contribution >= 0.6 is 37.4 Å². The van der Waals surface area contributed by atoms with E-state index in [0.717, 1.165) is 26.2 Å². The summed E-state index contributed by atoms with van der Waals surface area (Å²) in [5.41, 5.74) is 0.181. The summed E-state index contributed by atoms with van der Waals surface area (Å²) in [4.78, 5) is 13.0. The van der Waals surface area contributed by atoms with Gasteiger partial charge in [0.1, 0.15) is 0 Å². The molecule has 1 saturated heterocycles. The summed E-state index contributed by atoms with van der Waals surface area (Å²) in [6.07, 6.45) is 1.37. The number of rotatable bonds is 4. The molecule has 0 bridgehead atoms. The standard InChI is InChI=1S/C11H13BrN2O2S2Se/c12-10-2-1-8(18-10)5-9(14-16)11(15)13-7-3-4-17-19-6-7/h1-2,7,16H,3-6H2,(H,13,15)/b14-9+. The van der Waals surface area contributed by atoms with Crippen LogP contribution in [0.1, 0.15) is 11.3 Å². The Hall–Kier alpha value is -0.0105. The molecule has 1 aromatic rings. The number of carbonyl (C=O) groups is 1. The number of thiophene rings is 1. The molecule has 1 fully saturated rings. The number of nitrogens with zero attached hydrogens (tertiary/aromatic N) is 1. The van der Waals surface area contributed by atoms with Gasteiger partial charge in [-0.05, 0) is 0 Å². The Morgan fingerprint density at radius 3 is 3.05 bits per heavy atom. The van der Waals surface area contributed by atoms with E-state index in [1.54, 1.807) is 0 Å². The molecule has 4 nitrogen and oxygen atoms in total. The molecular weight excluding hydrogens is 415 g/mol. The van der Waals surface area contributed by atoms with E-state index in [4.69, 9.17) is 5.21 Å². The molecule has 0 aliphatic carbocycles. The maximum absolute atomic E-state index is 12.0. The van der Waals surface area contributed by atoms with Crippen molar-refractivity contribution in [1.29, 1.82) is 0 Å². The Balaban J connectivity index is 1.91. The van der Waals surface area contributed by atoms with Gasteiger partial charge in [-0.2, -0.15) is 0 Å². The van der Waals surface area contributed by atoms with Crippen molar-refractivity contribution in [3.63, 3.8) is 0 Å². The Bertz CT molecular complexity index is 475. The third-order valence-electron chi connectivity index (χ3n) is 2.59. The van der Waals surface area contributed by atoms with E-state index >= 15 is 0 Å². The molecule has 104 valence electrons. The zero-order chi connectivity index (χ0) is 13.7. The average Bonchev–Trinajstić information content (AvgIpc) is 2.82. The van der Waals surface area contributed by atoms with E-state index in [-0.39, 0.29) is 17.7 Å². The number of hydrogen-bond acceptors (Lipinski definition) is 5. The molecule has 2 N–H and O–H groups in total. The van der Waals surface area contributed by atoms with Crippen LogP contribution in [-0.2, 0) is 11.2 Å². The molecule has 0 aromatic carbocycles. The molecule has 1 unspecified atom stereocenters. The van der Waals surface area contributed by atoms with Crippen molar-refractivity contribution in [1.82, 2.24) is 5.32 Å². The summed E-state index contributed by atoms with van der Waals surface area (Å²) in [6.45, 7) is 0. The van der Waals surface area contributed by atoms with Crippen molar-refractivity contribution in [3.8, 4) is 0 Å². The molecule has 1 atom stereocenters. The summed E-state index contributed by atoms with van der Waals surface area (Å²) in [5, 5.41) is 16.2. The zero-order valence-corrected chi connectivity index (χ0v) is 14.9. The fourth-order valence-corrected chi connectivity index (χ4v) is 7.38. The van der Waals surface area contributed by atoms with Crippen LogP contribution in [0, 0.1) is 0 Å². The minimum absolute atomic E-state index is 0.181. The molecule has 2 rings (SSSR count). The number of hydrogen-bond donors (Lipinski definition) is 2. The van der Waals surface area contributed by atoms with Crippen molar-refractivity contribution in [2.24, 2.45) is 5.16 Å². The van der Waals surface area contributed by atoms with Gasteiger partial charge >= 0.3 is 134 Å². The van der Waals surface area contributed by atoms with Gasteiger partial charge in [0, 0.05) is 0 Å². The first-order valence-corrected chi connectivity index (χ1v) is 11.5. The number of oxime groups is 1. The van der Waals surface area contributed by atoms with Crippen molar-refractivity contribution in [2.75, 3.05) is 5.75 Å². The molecule has 2 heterocycles. The van der Waals surface area contributed by atoms with Gasteiger partial charge < -0.3 is 0 Å². The fraction of sp³-hybridized carbons (Fsp3) is 0.455. The van der Waals surface area contributed by atoms with Crippen LogP contribution in [0.4, 0.5) is 0 Å². The molecule has 0 spiro atoms. The van der Waals surface area contributed by atoms with E-state index in [1.165, 1.54) is 11.3 Å². The van der Waals surface area contributed by atoms with Crippen LogP contribution < -0.4 is 5.32 Å². The van der Waals surface area contributed by atoms with E-state index in [1.807, 2.05) is 22.3 Å². The second kappa shape index (κ2) is 7.69. The Labute approximate surface area is 133 Å². The van der Waals surface area contributed by atoms with Crippen molar-refractivity contribution >= 4 is 62.9 Å². The maximum atomic E-state index is 12.0. The Morgan fingerprint density at radius 1 is 1.63 bits per heavy atom. The van der Waals surface area contributed by atoms with Crippen molar-refractivity contribution in [3.05, 3.63) is 20.8 Å². The van der Waals surface area contributed by atoms with Crippen LogP contribution in [-0.4, -0.2) is 42.5 Å². The molecule has 1 amide bonds. The molecule has 8 heteroatoms. The molecular formula is C11H13BrN2O2S2Se. The Morgan fingerprint density at radius 2 is 2.47 bits per heavy atom. The van der Waals surface area contributed by atoms with Gasteiger partial charge in [-0.1, -0.05) is 0 Å². The number of carbonyl (C=O) groups excluding carboxylic acids is 1. The van der Waals surface area contributed by atoms with E-state index in [0.29, 0.717) is 20.3 Å². The summed E-state index contributed by atoms with van der Waals surface area (Å²) in [7, 11) is 1.97. The monoisotopic (exact) mass is 428 g/mol. The van der Waals surface area contributed by atoms with Crippen LogP contribution in [0.25, 0.3) is 0 Å². The summed E-state index contributed by atoms with van der Waals surface area (Å²) in [6, 6.07) is 4.09. The Kier molecular flexibility index (Phi) is 6.22. The molecule has 19 heavy (non-hydrogen) atoms. The van der Waals surface area contributed by atoms with Crippen LogP contribution in [0.3, 0.4) is 0 Å². The number of halogens is 1. The minimum atomic E-state index is -0.250. The van der Waals surface area contributed by atoms with Crippen molar-refractivity contribution in [2.45, 2.75) is 24.2 Å². The first kappa shape index (κ1) is 15.4. The third-order valence-corrected chi connectivity index (χ3v) is 8.72. The first-order valence-electron chi connectivity index (χ1n) is 5.69. The van der Waals surface area contributed by atoms with Gasteiger partial charge in [0.25, 0.3) is 0 Å². The fourth-order valence-electron chi connectivity index (χ4n) is 1.62. The van der Waals surface area contributed by atoms with Crippen molar-refractivity contribution < 1.29 is 10.0 Å². The van der Waals surface area contributed by atoms with Crippen LogP contribution in [0.15, 0.2) is 21.1 Å². The summed E-state index contributed by atoms with van der Waals surface area (Å²) < 4.78 is 1.01. The second-order valence-electron chi connectivity index (χ2n) is 3.99. The molecule has 1 aromatic heterocycles. The second-order valence-corrected chi connectivity index (χ2v) is 11.1. The van der Waals surface area contributed by atoms with Gasteiger partial charge in [0.2, 0.25) is 0 Å². The normalized spacial score (nSPS) is 20.3. The SMILES string of the molecule is O=C(NC1CCS[Se]C1)/C(Cc1ccc(Br)s1)=N/O. The van der Waals surface area contributed by atoms with Crippen LogP contribution in [0.2, 0.25) is 5.32 Å². The summed E-state index contributed by atoms with van der Waals surface area (Å²) in [5.74, 6) is 0.855. The predicted octanol–water partition coefficient (Wildman–Crippen LogP) is 2.54. The quantitative estimate of drug-likeness (QED) is 0.336. The van der Waals surface area contributed by atoms with Gasteiger partial charge in [-0.3, -0.25) is 0 Å². The van der Waals surface area contributed by atoms with E-state index in [2.05, 4.69) is 26.4 Å². The molecule has 0 radical (unpaired) electrons. The zero-order valence-electron chi connectivity index (χ0n) is 9.97. The van der Waals surface area contributed by atoms with Gasteiger partial charge in [-0.15, -0.1) is 0 Å². The molecule has 1 aliphatic rings. The van der Waals surface area contributed by atoms with Gasteiger partial charge in [0.05, 0.1) is 0 Å². The summed E-state index contributed by atoms with van der Waals surface area (Å²) >= 11 is 5.48. The van der Waals surface area contributed by atoms with Crippen LogP contribution in [0.5, 0.6) is 0 Å². The molecule has 0 saturated carbocycles. The van der Waals surface area contributed by atoms with Gasteiger partial charge in [-0.25, -0.2) is 0 Å². The average molecular weight is 428 g/mol. The number of nitrogens with one attached hydrogen (secondary N) is 1. The van der Waals surface area contributed by atoms with E-state index in [9.17, 15) is 4.79 Å². The topological polar surface area (TPSA) is 61.7 Å². The molecule has 1 aliphatic heterocycles. The third kappa shape index (κ3) is 4.79. The first-order chi connectivity index (χ1) is 9.19. The number of amides is 1.